The number of hydrogen-bond donors (Lipinski definition) is 3. The predicted octanol–water partition coefficient (Wildman–Crippen LogP) is 2.81. The van der Waals surface area contributed by atoms with Crippen LogP contribution in [0.15, 0.2) is 30.5 Å². The van der Waals surface area contributed by atoms with Crippen molar-refractivity contribution in [2.24, 2.45) is 16.3 Å². The molecule has 0 spiro atoms. The number of hydrogen-bond acceptors (Lipinski definition) is 8. The summed E-state index contributed by atoms with van der Waals surface area (Å²) in [6, 6.07) is 5.53. The zero-order valence-electron chi connectivity index (χ0n) is 20.5. The molecular formula is C23H34FN7O3S. The summed E-state index contributed by atoms with van der Waals surface area (Å²) in [5.41, 5.74) is 6.17. The van der Waals surface area contributed by atoms with E-state index in [2.05, 4.69) is 29.2 Å². The zero-order chi connectivity index (χ0) is 25.8. The molecule has 2 amide bonds. The van der Waals surface area contributed by atoms with E-state index >= 15 is 0 Å². The first kappa shape index (κ1) is 26.8. The maximum Gasteiger partial charge on any atom is 0.409 e. The van der Waals surface area contributed by atoms with Crippen LogP contribution in [-0.4, -0.2) is 77.2 Å². The second-order valence-corrected chi connectivity index (χ2v) is 10.7. The number of rotatable bonds is 9. The van der Waals surface area contributed by atoms with Crippen LogP contribution in [0.25, 0.3) is 0 Å². The van der Waals surface area contributed by atoms with Crippen molar-refractivity contribution in [1.82, 2.24) is 19.6 Å². The third-order valence-corrected chi connectivity index (χ3v) is 6.54. The zero-order valence-corrected chi connectivity index (χ0v) is 21.3. The van der Waals surface area contributed by atoms with Crippen molar-refractivity contribution in [1.29, 1.82) is 0 Å². The van der Waals surface area contributed by atoms with Gasteiger partial charge in [-0.2, -0.15) is 5.10 Å². The van der Waals surface area contributed by atoms with Gasteiger partial charge in [0.05, 0.1) is 17.9 Å². The number of likely N-dealkylation sites (tertiary alicyclic amines) is 1. The topological polar surface area (TPSA) is 132 Å². The number of nitrogens with two attached hydrogens (primary N) is 2. The van der Waals surface area contributed by atoms with Gasteiger partial charge in [0.1, 0.15) is 11.4 Å². The van der Waals surface area contributed by atoms with Crippen LogP contribution in [-0.2, 0) is 4.74 Å². The van der Waals surface area contributed by atoms with Gasteiger partial charge in [0.15, 0.2) is 5.82 Å². The first-order chi connectivity index (χ1) is 16.5. The number of anilines is 2. The smallest absolute Gasteiger partial charge is 0.409 e. The summed E-state index contributed by atoms with van der Waals surface area (Å²) >= 11 is 1.14. The van der Waals surface area contributed by atoms with Gasteiger partial charge >= 0.3 is 6.09 Å². The van der Waals surface area contributed by atoms with Crippen LogP contribution in [0.1, 0.15) is 36.7 Å². The summed E-state index contributed by atoms with van der Waals surface area (Å²) in [6.07, 6.45) is 1.78. The number of nitrogens with zero attached hydrogens (tertiary/aromatic N) is 4. The fraction of sp³-hybridized carbons (Fsp3) is 0.522. The van der Waals surface area contributed by atoms with Crippen LogP contribution in [0.3, 0.4) is 0 Å². The number of primary amides is 1. The van der Waals surface area contributed by atoms with Gasteiger partial charge in [-0.1, -0.05) is 25.8 Å². The van der Waals surface area contributed by atoms with Crippen molar-refractivity contribution in [3.63, 3.8) is 0 Å². The van der Waals surface area contributed by atoms with Crippen LogP contribution in [0.5, 0.6) is 0 Å². The molecule has 192 valence electrons. The minimum absolute atomic E-state index is 0.166. The summed E-state index contributed by atoms with van der Waals surface area (Å²) in [4.78, 5) is 28.5. The molecular weight excluding hydrogens is 473 g/mol. The normalized spacial score (nSPS) is 18.5. The van der Waals surface area contributed by atoms with E-state index in [0.717, 1.165) is 18.5 Å². The molecule has 5 N–H and O–H groups in total. The average Bonchev–Trinajstić information content (AvgIpc) is 3.21. The fourth-order valence-electron chi connectivity index (χ4n) is 4.26. The molecule has 1 aliphatic heterocycles. The Morgan fingerprint density at radius 1 is 1.31 bits per heavy atom. The lowest BCUT2D eigenvalue weighted by Gasteiger charge is -2.37. The van der Waals surface area contributed by atoms with Crippen molar-refractivity contribution in [3.8, 4) is 0 Å². The summed E-state index contributed by atoms with van der Waals surface area (Å²) in [5.74, 6) is -0.737. The number of halogens is 1. The lowest BCUT2D eigenvalue weighted by atomic mass is 9.94. The molecule has 35 heavy (non-hydrogen) atoms. The highest BCUT2D eigenvalue weighted by Crippen LogP contribution is 2.32. The SMILES string of the molecule is CN(C)CC(C)(C)COC(=O)N1CC[C@@H](n2cc(C(N)=O)c(Nc3ccc(F)cc3)n2)[C@H](SN)C1. The van der Waals surface area contributed by atoms with Gasteiger partial charge in [-0.05, 0) is 44.8 Å². The van der Waals surface area contributed by atoms with Crippen molar-refractivity contribution < 1.29 is 18.7 Å². The number of aromatic nitrogens is 2. The molecule has 0 bridgehead atoms. The van der Waals surface area contributed by atoms with Crippen LogP contribution in [0.2, 0.25) is 0 Å². The van der Waals surface area contributed by atoms with Gasteiger partial charge in [-0.25, -0.2) is 9.18 Å². The van der Waals surface area contributed by atoms with Gasteiger partial charge in [0.2, 0.25) is 0 Å². The molecule has 2 atom stereocenters. The van der Waals surface area contributed by atoms with E-state index in [4.69, 9.17) is 15.6 Å². The Morgan fingerprint density at radius 3 is 2.60 bits per heavy atom. The molecule has 1 aromatic carbocycles. The minimum Gasteiger partial charge on any atom is -0.449 e. The van der Waals surface area contributed by atoms with Crippen molar-refractivity contribution >= 4 is 35.5 Å². The molecule has 12 heteroatoms. The molecule has 2 heterocycles. The van der Waals surface area contributed by atoms with Crippen LogP contribution < -0.4 is 16.2 Å². The monoisotopic (exact) mass is 507 g/mol. The lowest BCUT2D eigenvalue weighted by Crippen LogP contribution is -2.47. The van der Waals surface area contributed by atoms with Crippen LogP contribution in [0, 0.1) is 11.2 Å². The van der Waals surface area contributed by atoms with E-state index in [1.54, 1.807) is 27.9 Å². The molecule has 10 nitrogen and oxygen atoms in total. The third-order valence-electron chi connectivity index (χ3n) is 5.73. The number of piperidine rings is 1. The van der Waals surface area contributed by atoms with Gasteiger partial charge in [-0.15, -0.1) is 0 Å². The van der Waals surface area contributed by atoms with Crippen molar-refractivity contribution in [2.75, 3.05) is 45.7 Å². The highest BCUT2D eigenvalue weighted by Gasteiger charge is 2.35. The highest BCUT2D eigenvalue weighted by atomic mass is 32.2. The molecule has 1 saturated heterocycles. The molecule has 0 radical (unpaired) electrons. The third kappa shape index (κ3) is 7.09. The van der Waals surface area contributed by atoms with E-state index in [1.807, 2.05) is 14.1 Å². The van der Waals surface area contributed by atoms with E-state index in [9.17, 15) is 14.0 Å². The Kier molecular flexibility index (Phi) is 8.62. The van der Waals surface area contributed by atoms with Crippen molar-refractivity contribution in [2.45, 2.75) is 31.6 Å². The molecule has 0 saturated carbocycles. The average molecular weight is 508 g/mol. The lowest BCUT2D eigenvalue weighted by molar-refractivity contribution is 0.0502. The van der Waals surface area contributed by atoms with Crippen LogP contribution >= 0.6 is 11.9 Å². The quantitative estimate of drug-likeness (QED) is 0.442. The number of amides is 2. The van der Waals surface area contributed by atoms with E-state index in [-0.39, 0.29) is 40.0 Å². The van der Waals surface area contributed by atoms with Crippen LogP contribution in [0.4, 0.5) is 20.7 Å². The molecule has 0 unspecified atom stereocenters. The molecule has 1 aromatic heterocycles. The Bertz CT molecular complexity index is 1030. The van der Waals surface area contributed by atoms with Gasteiger partial charge < -0.3 is 25.6 Å². The van der Waals surface area contributed by atoms with E-state index in [0.29, 0.717) is 31.8 Å². The predicted molar refractivity (Wildman–Crippen MR) is 135 cm³/mol. The fourth-order valence-corrected chi connectivity index (χ4v) is 4.97. The summed E-state index contributed by atoms with van der Waals surface area (Å²) in [5, 5.41) is 13.4. The maximum atomic E-state index is 13.2. The second-order valence-electron chi connectivity index (χ2n) is 9.80. The molecule has 2 aromatic rings. The second kappa shape index (κ2) is 11.3. The molecule has 1 fully saturated rings. The Labute approximate surface area is 209 Å². The summed E-state index contributed by atoms with van der Waals surface area (Å²) < 4.78 is 20.5. The van der Waals surface area contributed by atoms with Gasteiger partial charge in [-0.3, -0.25) is 14.6 Å². The minimum atomic E-state index is -0.640. The van der Waals surface area contributed by atoms with E-state index in [1.165, 1.54) is 12.1 Å². The Hall–Kier alpha value is -2.83. The number of ether oxygens (including phenoxy) is 1. The first-order valence-corrected chi connectivity index (χ1v) is 12.3. The Balaban J connectivity index is 1.69. The maximum absolute atomic E-state index is 13.2. The van der Waals surface area contributed by atoms with Gasteiger partial charge in [0, 0.05) is 36.9 Å². The molecule has 1 aliphatic rings. The Morgan fingerprint density at radius 2 is 2.00 bits per heavy atom. The molecule has 0 aliphatic carbocycles. The van der Waals surface area contributed by atoms with E-state index < -0.39 is 5.91 Å². The largest absolute Gasteiger partial charge is 0.449 e. The number of carbonyl (C=O) groups is 2. The number of carbonyl (C=O) groups excluding carboxylic acids is 2. The van der Waals surface area contributed by atoms with Crippen molar-refractivity contribution in [3.05, 3.63) is 41.8 Å². The molecule has 3 rings (SSSR count). The number of nitrogens with one attached hydrogen (secondary N) is 1. The highest BCUT2D eigenvalue weighted by molar-refractivity contribution is 7.97. The standard InChI is InChI=1S/C23H34FN7O3S/c1-23(2,13-29(3)4)14-34-22(33)30-10-9-18(19(12-30)35-26)31-11-17(20(25)32)21(28-31)27-16-7-5-15(24)6-8-16/h5-8,11,18-19H,9-10,12-14,26H2,1-4H3,(H2,25,32)(H,27,28)/t18-,19-/m1/s1. The number of benzene rings is 1. The van der Waals surface area contributed by atoms with Gasteiger partial charge in [0.25, 0.3) is 5.91 Å². The first-order valence-electron chi connectivity index (χ1n) is 11.3. The summed E-state index contributed by atoms with van der Waals surface area (Å²) in [7, 11) is 3.97. The summed E-state index contributed by atoms with van der Waals surface area (Å²) in [6.45, 7) is 6.04.